The van der Waals surface area contributed by atoms with Gasteiger partial charge in [-0.1, -0.05) is 48.5 Å². The van der Waals surface area contributed by atoms with E-state index in [4.69, 9.17) is 9.47 Å². The van der Waals surface area contributed by atoms with E-state index in [1.54, 1.807) is 36.4 Å². The first kappa shape index (κ1) is 21.4. The van der Waals surface area contributed by atoms with Crippen molar-refractivity contribution in [3.63, 3.8) is 0 Å². The lowest BCUT2D eigenvalue weighted by Crippen LogP contribution is -2.51. The molecule has 1 spiro atoms. The molecule has 174 valence electrons. The van der Waals surface area contributed by atoms with Crippen LogP contribution in [0.5, 0.6) is 5.75 Å². The fraction of sp³-hybridized carbons (Fsp3) is 0.185. The van der Waals surface area contributed by atoms with Crippen LogP contribution < -0.4 is 9.64 Å². The molecule has 0 saturated carbocycles. The molecule has 3 aliphatic rings. The number of halogens is 1. The molecule has 3 atom stereocenters. The standard InChI is InChI=1S/C27H18FNO6/c1-34-15-12-10-14(11-13-15)22-20-21(26(33)29(25(20)32)19-9-5-4-8-18(19)28)27(35-22)23(30)16-6-2-3-7-17(16)24(27)31/h2-13,20-22H,1H3/t20-,21-,22-/m1/s1. The Morgan fingerprint density at radius 1 is 0.829 bits per heavy atom. The molecule has 2 aliphatic heterocycles. The zero-order valence-electron chi connectivity index (χ0n) is 18.4. The number of amides is 2. The normalized spacial score (nSPS) is 24.3. The summed E-state index contributed by atoms with van der Waals surface area (Å²) >= 11 is 0. The molecule has 2 saturated heterocycles. The van der Waals surface area contributed by atoms with Gasteiger partial charge in [0.15, 0.2) is 0 Å². The minimum atomic E-state index is -2.20. The van der Waals surface area contributed by atoms with E-state index in [1.165, 1.54) is 37.4 Å². The molecule has 0 aromatic heterocycles. The molecular weight excluding hydrogens is 453 g/mol. The highest BCUT2D eigenvalue weighted by molar-refractivity contribution is 6.37. The third-order valence-corrected chi connectivity index (χ3v) is 7.06. The average Bonchev–Trinajstić information content (AvgIpc) is 3.45. The molecule has 2 fully saturated rings. The maximum Gasteiger partial charge on any atom is 0.241 e. The molecule has 0 N–H and O–H groups in total. The number of anilines is 1. The Morgan fingerprint density at radius 2 is 1.43 bits per heavy atom. The number of carbonyl (C=O) groups is 4. The number of Topliss-reactive ketones (excluding diaryl/α,β-unsaturated/α-hetero) is 2. The summed E-state index contributed by atoms with van der Waals surface area (Å²) in [4.78, 5) is 55.6. The molecule has 2 amide bonds. The summed E-state index contributed by atoms with van der Waals surface area (Å²) in [6.07, 6.45) is -1.08. The number of rotatable bonds is 3. The monoisotopic (exact) mass is 471 g/mol. The minimum Gasteiger partial charge on any atom is -0.497 e. The van der Waals surface area contributed by atoms with E-state index in [0.29, 0.717) is 11.3 Å². The van der Waals surface area contributed by atoms with E-state index in [2.05, 4.69) is 0 Å². The van der Waals surface area contributed by atoms with Gasteiger partial charge < -0.3 is 9.47 Å². The van der Waals surface area contributed by atoms with Crippen LogP contribution in [0.2, 0.25) is 0 Å². The Bertz CT molecular complexity index is 1400. The number of hydrogen-bond acceptors (Lipinski definition) is 6. The summed E-state index contributed by atoms with van der Waals surface area (Å²) in [7, 11) is 1.50. The highest BCUT2D eigenvalue weighted by Gasteiger charge is 2.74. The zero-order valence-corrected chi connectivity index (χ0v) is 18.4. The van der Waals surface area contributed by atoms with Gasteiger partial charge in [-0.15, -0.1) is 0 Å². The van der Waals surface area contributed by atoms with E-state index >= 15 is 0 Å². The Labute approximate surface area is 199 Å². The number of hydrogen-bond donors (Lipinski definition) is 0. The fourth-order valence-electron chi connectivity index (χ4n) is 5.48. The van der Waals surface area contributed by atoms with E-state index in [0.717, 1.165) is 11.0 Å². The van der Waals surface area contributed by atoms with Crippen LogP contribution in [0.3, 0.4) is 0 Å². The van der Waals surface area contributed by atoms with E-state index in [1.807, 2.05) is 0 Å². The van der Waals surface area contributed by atoms with Gasteiger partial charge >= 0.3 is 0 Å². The van der Waals surface area contributed by atoms with Gasteiger partial charge in [0.2, 0.25) is 29.0 Å². The van der Waals surface area contributed by atoms with Crippen LogP contribution in [-0.2, 0) is 14.3 Å². The molecule has 0 unspecified atom stereocenters. The van der Waals surface area contributed by atoms with Crippen molar-refractivity contribution >= 4 is 29.1 Å². The molecule has 0 radical (unpaired) electrons. The first-order valence-electron chi connectivity index (χ1n) is 11.0. The van der Waals surface area contributed by atoms with Gasteiger partial charge in [-0.2, -0.15) is 0 Å². The van der Waals surface area contributed by atoms with Crippen LogP contribution in [0, 0.1) is 17.7 Å². The van der Waals surface area contributed by atoms with Crippen molar-refractivity contribution in [3.05, 3.63) is 95.3 Å². The number of ether oxygens (including phenoxy) is 2. The first-order chi connectivity index (χ1) is 16.9. The molecule has 0 bridgehead atoms. The van der Waals surface area contributed by atoms with Crippen molar-refractivity contribution in [1.29, 1.82) is 0 Å². The van der Waals surface area contributed by atoms with Crippen molar-refractivity contribution in [2.24, 2.45) is 11.8 Å². The fourth-order valence-corrected chi connectivity index (χ4v) is 5.48. The maximum absolute atomic E-state index is 14.7. The topological polar surface area (TPSA) is 90.0 Å². The van der Waals surface area contributed by atoms with Gasteiger partial charge in [-0.3, -0.25) is 19.2 Å². The highest BCUT2D eigenvalue weighted by Crippen LogP contribution is 2.57. The number of imide groups is 1. The second kappa shape index (κ2) is 7.41. The predicted octanol–water partition coefficient (Wildman–Crippen LogP) is 3.53. The highest BCUT2D eigenvalue weighted by atomic mass is 19.1. The Kier molecular flexibility index (Phi) is 4.53. The summed E-state index contributed by atoms with van der Waals surface area (Å²) in [5.74, 6) is -5.74. The van der Waals surface area contributed by atoms with Crippen LogP contribution >= 0.6 is 0 Å². The van der Waals surface area contributed by atoms with Gasteiger partial charge in [0.05, 0.1) is 30.7 Å². The second-order valence-electron chi connectivity index (χ2n) is 8.72. The van der Waals surface area contributed by atoms with Crippen molar-refractivity contribution in [1.82, 2.24) is 0 Å². The molecular formula is C27H18FNO6. The quantitative estimate of drug-likeness (QED) is 0.429. The molecule has 35 heavy (non-hydrogen) atoms. The molecule has 3 aromatic carbocycles. The van der Waals surface area contributed by atoms with Crippen molar-refractivity contribution in [3.8, 4) is 5.75 Å². The van der Waals surface area contributed by atoms with Crippen LogP contribution in [-0.4, -0.2) is 36.1 Å². The number of carbonyl (C=O) groups excluding carboxylic acids is 4. The summed E-state index contributed by atoms with van der Waals surface area (Å²) in [6.45, 7) is 0. The van der Waals surface area contributed by atoms with Crippen molar-refractivity contribution < 1.29 is 33.0 Å². The third-order valence-electron chi connectivity index (χ3n) is 7.06. The molecule has 1 aliphatic carbocycles. The summed E-state index contributed by atoms with van der Waals surface area (Å²) in [6, 6.07) is 18.2. The lowest BCUT2D eigenvalue weighted by Gasteiger charge is -2.27. The Hall–Kier alpha value is -4.17. The number of para-hydroxylation sites is 1. The summed E-state index contributed by atoms with van der Waals surface area (Å²) in [5.41, 5.74) is -1.67. The van der Waals surface area contributed by atoms with Gasteiger partial charge in [-0.05, 0) is 29.8 Å². The SMILES string of the molecule is COc1ccc([C@H]2OC3(C(=O)c4ccccc4C3=O)[C@H]3C(=O)N(c4ccccc4F)C(=O)[C@@H]23)cc1. The molecule has 3 aromatic rings. The van der Waals surface area contributed by atoms with Crippen LogP contribution in [0.15, 0.2) is 72.8 Å². The summed E-state index contributed by atoms with van der Waals surface area (Å²) < 4.78 is 26.1. The van der Waals surface area contributed by atoms with Gasteiger partial charge in [0.25, 0.3) is 0 Å². The van der Waals surface area contributed by atoms with Crippen LogP contribution in [0.4, 0.5) is 10.1 Å². The maximum atomic E-state index is 14.7. The lowest BCUT2D eigenvalue weighted by atomic mass is 9.77. The molecule has 6 rings (SSSR count). The number of ketones is 2. The predicted molar refractivity (Wildman–Crippen MR) is 121 cm³/mol. The minimum absolute atomic E-state index is 0.135. The smallest absolute Gasteiger partial charge is 0.241 e. The van der Waals surface area contributed by atoms with Crippen molar-refractivity contribution in [2.45, 2.75) is 11.7 Å². The van der Waals surface area contributed by atoms with E-state index in [9.17, 15) is 23.6 Å². The van der Waals surface area contributed by atoms with E-state index < -0.39 is 52.7 Å². The second-order valence-corrected chi connectivity index (χ2v) is 8.72. The Balaban J connectivity index is 1.54. The first-order valence-corrected chi connectivity index (χ1v) is 11.0. The van der Waals surface area contributed by atoms with Gasteiger partial charge in [0, 0.05) is 11.1 Å². The van der Waals surface area contributed by atoms with Crippen LogP contribution in [0.1, 0.15) is 32.4 Å². The largest absolute Gasteiger partial charge is 0.497 e. The number of benzene rings is 3. The van der Waals surface area contributed by atoms with Gasteiger partial charge in [-0.25, -0.2) is 9.29 Å². The van der Waals surface area contributed by atoms with Crippen LogP contribution in [0.25, 0.3) is 0 Å². The molecule has 7 nitrogen and oxygen atoms in total. The number of nitrogens with zero attached hydrogens (tertiary/aromatic N) is 1. The number of methoxy groups -OCH3 is 1. The third kappa shape index (κ3) is 2.68. The summed E-state index contributed by atoms with van der Waals surface area (Å²) in [5, 5.41) is 0. The van der Waals surface area contributed by atoms with Crippen molar-refractivity contribution in [2.75, 3.05) is 12.0 Å². The molecule has 2 heterocycles. The van der Waals surface area contributed by atoms with Gasteiger partial charge in [0.1, 0.15) is 11.6 Å². The Morgan fingerprint density at radius 3 is 2.03 bits per heavy atom. The average molecular weight is 471 g/mol. The molecule has 8 heteroatoms. The lowest BCUT2D eigenvalue weighted by molar-refractivity contribution is -0.127. The zero-order chi connectivity index (χ0) is 24.5. The number of fused-ring (bicyclic) bond motifs is 3. The van der Waals surface area contributed by atoms with E-state index in [-0.39, 0.29) is 16.8 Å².